The van der Waals surface area contributed by atoms with Gasteiger partial charge in [0.2, 0.25) is 0 Å². The highest BCUT2D eigenvalue weighted by molar-refractivity contribution is 14.1. The van der Waals surface area contributed by atoms with Gasteiger partial charge in [0.1, 0.15) is 15.0 Å². The maximum atomic E-state index is 12.4. The van der Waals surface area contributed by atoms with E-state index in [2.05, 4.69) is 4.98 Å². The van der Waals surface area contributed by atoms with Crippen molar-refractivity contribution >= 4 is 22.6 Å². The summed E-state index contributed by atoms with van der Waals surface area (Å²) >= 11 is 1.19. The first-order valence-corrected chi connectivity index (χ1v) is 4.55. The molecule has 0 spiro atoms. The van der Waals surface area contributed by atoms with Crippen LogP contribution in [0.4, 0.5) is 22.0 Å². The normalized spacial score (nSPS) is 12.2. The molecule has 2 nitrogen and oxygen atoms in total. The molecule has 0 saturated heterocycles. The number of alkyl halides is 5. The summed E-state index contributed by atoms with van der Waals surface area (Å²) in [6, 6.07) is 0. The van der Waals surface area contributed by atoms with E-state index >= 15 is 0 Å². The SMILES string of the molecule is Oc1cnc(I)c(C(F)(F)F)c1C(F)F. The Bertz CT molecular complexity index is 378. The summed E-state index contributed by atoms with van der Waals surface area (Å²) in [6.45, 7) is 0. The average Bonchev–Trinajstić information content (AvgIpc) is 2.05. The highest BCUT2D eigenvalue weighted by atomic mass is 127. The lowest BCUT2D eigenvalue weighted by atomic mass is 10.1. The third-order valence-corrected chi connectivity index (χ3v) is 2.37. The lowest BCUT2D eigenvalue weighted by Gasteiger charge is -2.14. The molecule has 1 rings (SSSR count). The fourth-order valence-corrected chi connectivity index (χ4v) is 1.72. The standard InChI is InChI=1S/C7H3F5INO/c8-5(9)3-2(15)1-14-6(13)4(3)7(10,11)12/h1,5,15H. The van der Waals surface area contributed by atoms with E-state index in [1.54, 1.807) is 0 Å². The van der Waals surface area contributed by atoms with E-state index < -0.39 is 33.2 Å². The third-order valence-electron chi connectivity index (χ3n) is 1.55. The van der Waals surface area contributed by atoms with E-state index in [0.717, 1.165) is 0 Å². The van der Waals surface area contributed by atoms with Crippen molar-refractivity contribution in [2.24, 2.45) is 0 Å². The molecule has 0 atom stereocenters. The Morgan fingerprint density at radius 1 is 1.33 bits per heavy atom. The molecule has 0 amide bonds. The number of aromatic nitrogens is 1. The topological polar surface area (TPSA) is 33.1 Å². The monoisotopic (exact) mass is 339 g/mol. The largest absolute Gasteiger partial charge is 0.506 e. The molecule has 0 aliphatic heterocycles. The van der Waals surface area contributed by atoms with E-state index in [4.69, 9.17) is 5.11 Å². The fourth-order valence-electron chi connectivity index (χ4n) is 0.982. The second-order valence-electron chi connectivity index (χ2n) is 2.52. The first-order chi connectivity index (χ1) is 6.75. The molecule has 0 aliphatic carbocycles. The van der Waals surface area contributed by atoms with Gasteiger partial charge >= 0.3 is 6.18 Å². The van der Waals surface area contributed by atoms with Gasteiger partial charge in [-0.1, -0.05) is 0 Å². The van der Waals surface area contributed by atoms with Crippen molar-refractivity contribution in [3.8, 4) is 5.75 Å². The Hall–Kier alpha value is -0.670. The molecule has 1 N–H and O–H groups in total. The van der Waals surface area contributed by atoms with Crippen molar-refractivity contribution < 1.29 is 27.1 Å². The Balaban J connectivity index is 3.53. The predicted molar refractivity (Wildman–Crippen MR) is 48.6 cm³/mol. The second kappa shape index (κ2) is 4.06. The zero-order valence-corrected chi connectivity index (χ0v) is 8.97. The molecule has 0 fully saturated rings. The van der Waals surface area contributed by atoms with Gasteiger partial charge in [-0.25, -0.2) is 13.8 Å². The van der Waals surface area contributed by atoms with Crippen LogP contribution in [0.1, 0.15) is 17.6 Å². The molecule has 0 aliphatic rings. The average molecular weight is 339 g/mol. The maximum Gasteiger partial charge on any atom is 0.419 e. The minimum Gasteiger partial charge on any atom is -0.506 e. The van der Waals surface area contributed by atoms with Crippen LogP contribution in [0.2, 0.25) is 0 Å². The van der Waals surface area contributed by atoms with E-state index in [0.29, 0.717) is 6.20 Å². The van der Waals surface area contributed by atoms with Crippen LogP contribution in [0.3, 0.4) is 0 Å². The van der Waals surface area contributed by atoms with Crippen molar-refractivity contribution in [2.45, 2.75) is 12.6 Å². The van der Waals surface area contributed by atoms with Crippen LogP contribution < -0.4 is 0 Å². The number of hydrogen-bond donors (Lipinski definition) is 1. The molecule has 1 aromatic rings. The van der Waals surface area contributed by atoms with Gasteiger partial charge in [-0.05, 0) is 22.6 Å². The molecule has 0 aromatic carbocycles. The van der Waals surface area contributed by atoms with Gasteiger partial charge in [-0.3, -0.25) is 0 Å². The Labute approximate surface area is 94.3 Å². The van der Waals surface area contributed by atoms with Crippen LogP contribution in [0.15, 0.2) is 6.20 Å². The summed E-state index contributed by atoms with van der Waals surface area (Å²) in [5.41, 5.74) is -3.01. The maximum absolute atomic E-state index is 12.4. The number of rotatable bonds is 1. The zero-order valence-electron chi connectivity index (χ0n) is 6.82. The molecule has 0 unspecified atom stereocenters. The van der Waals surface area contributed by atoms with E-state index in [1.165, 1.54) is 22.6 Å². The lowest BCUT2D eigenvalue weighted by molar-refractivity contribution is -0.140. The van der Waals surface area contributed by atoms with Crippen LogP contribution >= 0.6 is 22.6 Å². The molecule has 0 saturated carbocycles. The summed E-state index contributed by atoms with van der Waals surface area (Å²) in [5.74, 6) is -1.15. The molecule has 0 bridgehead atoms. The van der Waals surface area contributed by atoms with Crippen LogP contribution in [-0.4, -0.2) is 10.1 Å². The molecular weight excluding hydrogens is 336 g/mol. The first kappa shape index (κ1) is 12.4. The number of pyridine rings is 1. The second-order valence-corrected chi connectivity index (χ2v) is 3.54. The van der Waals surface area contributed by atoms with Crippen molar-refractivity contribution in [2.75, 3.05) is 0 Å². The Kier molecular flexibility index (Phi) is 3.36. The van der Waals surface area contributed by atoms with Gasteiger partial charge in [0.05, 0.1) is 11.8 Å². The van der Waals surface area contributed by atoms with Crippen LogP contribution in [0, 0.1) is 3.70 Å². The Morgan fingerprint density at radius 2 is 1.87 bits per heavy atom. The van der Waals surface area contributed by atoms with Crippen LogP contribution in [0.25, 0.3) is 0 Å². The highest BCUT2D eigenvalue weighted by Crippen LogP contribution is 2.41. The smallest absolute Gasteiger partial charge is 0.419 e. The molecule has 8 heteroatoms. The Morgan fingerprint density at radius 3 is 2.20 bits per heavy atom. The van der Waals surface area contributed by atoms with Gasteiger partial charge in [0.15, 0.2) is 0 Å². The van der Waals surface area contributed by atoms with Gasteiger partial charge in [0.25, 0.3) is 6.43 Å². The van der Waals surface area contributed by atoms with Gasteiger partial charge in [0, 0.05) is 0 Å². The van der Waals surface area contributed by atoms with E-state index in [-0.39, 0.29) is 0 Å². The van der Waals surface area contributed by atoms with Crippen LogP contribution in [-0.2, 0) is 6.18 Å². The zero-order chi connectivity index (χ0) is 11.8. The molecular formula is C7H3F5INO. The molecule has 0 radical (unpaired) electrons. The first-order valence-electron chi connectivity index (χ1n) is 3.48. The summed E-state index contributed by atoms with van der Waals surface area (Å²) in [4.78, 5) is 3.17. The summed E-state index contributed by atoms with van der Waals surface area (Å²) in [5, 5.41) is 8.90. The van der Waals surface area contributed by atoms with E-state index in [9.17, 15) is 22.0 Å². The third kappa shape index (κ3) is 2.47. The summed E-state index contributed by atoms with van der Waals surface area (Å²) in [7, 11) is 0. The molecule has 15 heavy (non-hydrogen) atoms. The quantitative estimate of drug-likeness (QED) is 0.484. The number of nitrogens with zero attached hydrogens (tertiary/aromatic N) is 1. The number of hydrogen-bond acceptors (Lipinski definition) is 2. The number of aromatic hydroxyl groups is 1. The van der Waals surface area contributed by atoms with Gasteiger partial charge < -0.3 is 5.11 Å². The van der Waals surface area contributed by atoms with Crippen molar-refractivity contribution in [1.82, 2.24) is 4.98 Å². The van der Waals surface area contributed by atoms with Gasteiger partial charge in [-0.15, -0.1) is 0 Å². The fraction of sp³-hybridized carbons (Fsp3) is 0.286. The summed E-state index contributed by atoms with van der Waals surface area (Å²) < 4.78 is 61.1. The summed E-state index contributed by atoms with van der Waals surface area (Å²) in [6.07, 6.45) is -7.80. The minimum atomic E-state index is -4.96. The van der Waals surface area contributed by atoms with Crippen molar-refractivity contribution in [3.63, 3.8) is 0 Å². The predicted octanol–water partition coefficient (Wildman–Crippen LogP) is 3.35. The molecule has 1 aromatic heterocycles. The van der Waals surface area contributed by atoms with E-state index in [1.807, 2.05) is 0 Å². The minimum absolute atomic E-state index is 0.568. The van der Waals surface area contributed by atoms with Crippen molar-refractivity contribution in [3.05, 3.63) is 21.0 Å². The lowest BCUT2D eigenvalue weighted by Crippen LogP contribution is -2.13. The number of halogens is 6. The molecule has 84 valence electrons. The van der Waals surface area contributed by atoms with Crippen molar-refractivity contribution in [1.29, 1.82) is 0 Å². The molecule has 1 heterocycles. The van der Waals surface area contributed by atoms with Gasteiger partial charge in [-0.2, -0.15) is 13.2 Å². The van der Waals surface area contributed by atoms with Crippen LogP contribution in [0.5, 0.6) is 5.75 Å². The highest BCUT2D eigenvalue weighted by Gasteiger charge is 2.40.